The lowest BCUT2D eigenvalue weighted by molar-refractivity contribution is 0.490. The van der Waals surface area contributed by atoms with Crippen LogP contribution >= 0.6 is 23.8 Å². The second-order valence-corrected chi connectivity index (χ2v) is 4.81. The Morgan fingerprint density at radius 2 is 2.22 bits per heavy atom. The number of hydrogen-bond acceptors (Lipinski definition) is 3. The standard InChI is InChI=1S/C13H13ClN2OS/c1-8(12-3-2-6-17-12)16-11-5-4-9(14)7-10(11)13(15)18/h2-8,16H,1H3,(H2,15,18). The van der Waals surface area contributed by atoms with Crippen LogP contribution in [-0.4, -0.2) is 4.99 Å². The first-order chi connectivity index (χ1) is 8.58. The van der Waals surface area contributed by atoms with Crippen molar-refractivity contribution in [2.75, 3.05) is 5.32 Å². The molecule has 2 rings (SSSR count). The fourth-order valence-electron chi connectivity index (χ4n) is 1.69. The third-order valence-corrected chi connectivity index (χ3v) is 3.04. The number of nitrogens with one attached hydrogen (secondary N) is 1. The summed E-state index contributed by atoms with van der Waals surface area (Å²) in [6, 6.07) is 9.18. The van der Waals surface area contributed by atoms with Crippen LogP contribution in [0.3, 0.4) is 0 Å². The highest BCUT2D eigenvalue weighted by molar-refractivity contribution is 7.80. The van der Waals surface area contributed by atoms with Crippen LogP contribution in [-0.2, 0) is 0 Å². The van der Waals surface area contributed by atoms with Gasteiger partial charge in [0.25, 0.3) is 0 Å². The lowest BCUT2D eigenvalue weighted by atomic mass is 10.1. The molecular formula is C13H13ClN2OS. The van der Waals surface area contributed by atoms with Gasteiger partial charge in [-0.25, -0.2) is 0 Å². The predicted molar refractivity (Wildman–Crippen MR) is 78.1 cm³/mol. The van der Waals surface area contributed by atoms with Crippen molar-refractivity contribution >= 4 is 34.5 Å². The van der Waals surface area contributed by atoms with Gasteiger partial charge in [-0.05, 0) is 37.3 Å². The highest BCUT2D eigenvalue weighted by Crippen LogP contribution is 2.25. The van der Waals surface area contributed by atoms with Gasteiger partial charge >= 0.3 is 0 Å². The van der Waals surface area contributed by atoms with Crippen molar-refractivity contribution < 1.29 is 4.42 Å². The molecule has 94 valence electrons. The highest BCUT2D eigenvalue weighted by atomic mass is 35.5. The van der Waals surface area contributed by atoms with Crippen LogP contribution in [0.25, 0.3) is 0 Å². The fourth-order valence-corrected chi connectivity index (χ4v) is 2.03. The summed E-state index contributed by atoms with van der Waals surface area (Å²) in [5.41, 5.74) is 7.26. The molecule has 1 unspecified atom stereocenters. The zero-order valence-corrected chi connectivity index (χ0v) is 11.4. The first-order valence-corrected chi connectivity index (χ1v) is 6.26. The van der Waals surface area contributed by atoms with Gasteiger partial charge < -0.3 is 15.5 Å². The van der Waals surface area contributed by atoms with Gasteiger partial charge in [0.1, 0.15) is 10.7 Å². The molecule has 0 aliphatic heterocycles. The number of nitrogens with two attached hydrogens (primary N) is 1. The number of anilines is 1. The van der Waals surface area contributed by atoms with Crippen molar-refractivity contribution in [3.8, 4) is 0 Å². The van der Waals surface area contributed by atoms with E-state index in [9.17, 15) is 0 Å². The van der Waals surface area contributed by atoms with E-state index in [1.54, 1.807) is 18.4 Å². The summed E-state index contributed by atoms with van der Waals surface area (Å²) in [5, 5.41) is 3.91. The van der Waals surface area contributed by atoms with Gasteiger partial charge in [0.2, 0.25) is 0 Å². The van der Waals surface area contributed by atoms with E-state index in [0.29, 0.717) is 10.0 Å². The highest BCUT2D eigenvalue weighted by Gasteiger charge is 2.12. The lowest BCUT2D eigenvalue weighted by Gasteiger charge is -2.16. The van der Waals surface area contributed by atoms with Crippen molar-refractivity contribution in [1.29, 1.82) is 0 Å². The molecule has 0 bridgehead atoms. The first-order valence-electron chi connectivity index (χ1n) is 5.47. The summed E-state index contributed by atoms with van der Waals surface area (Å²) in [6.45, 7) is 2.00. The van der Waals surface area contributed by atoms with Gasteiger partial charge in [-0.1, -0.05) is 23.8 Å². The molecule has 0 spiro atoms. The summed E-state index contributed by atoms with van der Waals surface area (Å²) in [6.07, 6.45) is 1.64. The van der Waals surface area contributed by atoms with Crippen LogP contribution in [0.15, 0.2) is 41.0 Å². The lowest BCUT2D eigenvalue weighted by Crippen LogP contribution is -2.14. The van der Waals surface area contributed by atoms with Crippen LogP contribution in [0.2, 0.25) is 5.02 Å². The minimum Gasteiger partial charge on any atom is -0.467 e. The molecule has 3 N–H and O–H groups in total. The number of hydrogen-bond donors (Lipinski definition) is 2. The monoisotopic (exact) mass is 280 g/mol. The number of rotatable bonds is 4. The molecule has 0 aliphatic rings. The van der Waals surface area contributed by atoms with E-state index in [2.05, 4.69) is 5.32 Å². The smallest absolute Gasteiger partial charge is 0.125 e. The third kappa shape index (κ3) is 2.83. The maximum atomic E-state index is 5.94. The summed E-state index contributed by atoms with van der Waals surface area (Å²) in [5.74, 6) is 0.846. The Morgan fingerprint density at radius 3 is 2.83 bits per heavy atom. The second kappa shape index (κ2) is 5.42. The molecule has 1 atom stereocenters. The van der Waals surface area contributed by atoms with Crippen LogP contribution in [0.5, 0.6) is 0 Å². The van der Waals surface area contributed by atoms with Crippen LogP contribution < -0.4 is 11.1 Å². The van der Waals surface area contributed by atoms with E-state index in [4.69, 9.17) is 34.0 Å². The maximum Gasteiger partial charge on any atom is 0.125 e. The van der Waals surface area contributed by atoms with Crippen molar-refractivity contribution in [3.63, 3.8) is 0 Å². The van der Waals surface area contributed by atoms with E-state index in [1.807, 2.05) is 25.1 Å². The van der Waals surface area contributed by atoms with Gasteiger partial charge in [-0.2, -0.15) is 0 Å². The third-order valence-electron chi connectivity index (χ3n) is 2.59. The normalized spacial score (nSPS) is 12.1. The van der Waals surface area contributed by atoms with Gasteiger partial charge in [-0.15, -0.1) is 0 Å². The minimum atomic E-state index is 0.0225. The number of halogens is 1. The zero-order valence-electron chi connectivity index (χ0n) is 9.81. The van der Waals surface area contributed by atoms with Crippen LogP contribution in [0, 0.1) is 0 Å². The van der Waals surface area contributed by atoms with Gasteiger partial charge in [0.15, 0.2) is 0 Å². The molecular weight excluding hydrogens is 268 g/mol. The molecule has 0 saturated carbocycles. The molecule has 1 heterocycles. The SMILES string of the molecule is CC(Nc1ccc(Cl)cc1C(N)=S)c1ccco1. The first kappa shape index (κ1) is 12.9. The van der Waals surface area contributed by atoms with Crippen LogP contribution in [0.4, 0.5) is 5.69 Å². The van der Waals surface area contributed by atoms with Gasteiger partial charge in [0.05, 0.1) is 12.3 Å². The zero-order chi connectivity index (χ0) is 13.1. The summed E-state index contributed by atoms with van der Waals surface area (Å²) in [7, 11) is 0. The van der Waals surface area contributed by atoms with E-state index >= 15 is 0 Å². The minimum absolute atomic E-state index is 0.0225. The fraction of sp³-hybridized carbons (Fsp3) is 0.154. The van der Waals surface area contributed by atoms with E-state index in [1.165, 1.54) is 0 Å². The summed E-state index contributed by atoms with van der Waals surface area (Å²) >= 11 is 11.0. The molecule has 0 radical (unpaired) electrons. The van der Waals surface area contributed by atoms with Crippen molar-refractivity contribution in [1.82, 2.24) is 0 Å². The Morgan fingerprint density at radius 1 is 1.44 bits per heavy atom. The predicted octanol–water partition coefficient (Wildman–Crippen LogP) is 3.74. The van der Waals surface area contributed by atoms with Gasteiger partial charge in [-0.3, -0.25) is 0 Å². The largest absolute Gasteiger partial charge is 0.467 e. The molecule has 3 nitrogen and oxygen atoms in total. The molecule has 0 fully saturated rings. The maximum absolute atomic E-state index is 5.94. The summed E-state index contributed by atoms with van der Waals surface area (Å²) in [4.78, 5) is 0.312. The van der Waals surface area contributed by atoms with Crippen molar-refractivity contribution in [2.45, 2.75) is 13.0 Å². The van der Waals surface area contributed by atoms with E-state index in [0.717, 1.165) is 17.0 Å². The Balaban J connectivity index is 2.26. The van der Waals surface area contributed by atoms with Crippen molar-refractivity contribution in [3.05, 3.63) is 52.9 Å². The quantitative estimate of drug-likeness (QED) is 0.838. The molecule has 2 aromatic rings. The molecule has 1 aromatic heterocycles. The van der Waals surface area contributed by atoms with E-state index in [-0.39, 0.29) is 6.04 Å². The van der Waals surface area contributed by atoms with Crippen LogP contribution in [0.1, 0.15) is 24.3 Å². The summed E-state index contributed by atoms with van der Waals surface area (Å²) < 4.78 is 5.34. The number of benzene rings is 1. The average Bonchev–Trinajstić information content (AvgIpc) is 2.84. The Bertz CT molecular complexity index is 554. The Kier molecular flexibility index (Phi) is 3.89. The topological polar surface area (TPSA) is 51.2 Å². The molecule has 0 amide bonds. The van der Waals surface area contributed by atoms with Crippen molar-refractivity contribution in [2.24, 2.45) is 5.73 Å². The molecule has 0 saturated heterocycles. The molecule has 1 aromatic carbocycles. The van der Waals surface area contributed by atoms with E-state index < -0.39 is 0 Å². The Labute approximate surface area is 116 Å². The molecule has 0 aliphatic carbocycles. The molecule has 5 heteroatoms. The second-order valence-electron chi connectivity index (χ2n) is 3.94. The van der Waals surface area contributed by atoms with Gasteiger partial charge in [0, 0.05) is 16.3 Å². The Hall–Kier alpha value is -1.52. The average molecular weight is 281 g/mol. The number of furan rings is 1. The number of thiocarbonyl (C=S) groups is 1. The molecule has 18 heavy (non-hydrogen) atoms.